The lowest BCUT2D eigenvalue weighted by atomic mass is 9.90. The number of piperidine rings is 1. The van der Waals surface area contributed by atoms with E-state index in [2.05, 4.69) is 18.2 Å². The Bertz CT molecular complexity index is 593. The van der Waals surface area contributed by atoms with Crippen LogP contribution in [0.25, 0.3) is 5.57 Å². The highest BCUT2D eigenvalue weighted by Gasteiger charge is 2.39. The fraction of sp³-hybridized carbons (Fsp3) is 0.526. The van der Waals surface area contributed by atoms with Gasteiger partial charge in [0.2, 0.25) is 0 Å². The van der Waals surface area contributed by atoms with Crippen LogP contribution in [0.3, 0.4) is 0 Å². The fourth-order valence-electron chi connectivity index (χ4n) is 3.12. The molecule has 4 heteroatoms. The van der Waals surface area contributed by atoms with Crippen molar-refractivity contribution >= 4 is 11.7 Å². The number of nitrogens with zero attached hydrogens (tertiary/aromatic N) is 1. The standard InChI is InChI=1S/C19H25NO3/c1-18(2,3)23-17(21)20-11-9-19(10-12-20)13-16(14-22-19)15-7-5-4-6-8-15/h4-8,13H,9-12,14H2,1-3H3. The molecule has 0 unspecified atom stereocenters. The van der Waals surface area contributed by atoms with Gasteiger partial charge in [0.15, 0.2) is 0 Å². The van der Waals surface area contributed by atoms with Crippen molar-refractivity contribution in [2.45, 2.75) is 44.8 Å². The van der Waals surface area contributed by atoms with E-state index >= 15 is 0 Å². The Morgan fingerprint density at radius 1 is 1.17 bits per heavy atom. The van der Waals surface area contributed by atoms with Crippen LogP contribution in [-0.4, -0.2) is 41.9 Å². The minimum absolute atomic E-state index is 0.219. The van der Waals surface area contributed by atoms with E-state index in [1.807, 2.05) is 39.0 Å². The van der Waals surface area contributed by atoms with Gasteiger partial charge < -0.3 is 14.4 Å². The molecular formula is C19H25NO3. The maximum Gasteiger partial charge on any atom is 0.410 e. The Labute approximate surface area is 138 Å². The molecule has 1 fully saturated rings. The molecule has 4 nitrogen and oxygen atoms in total. The number of carbonyl (C=O) groups is 1. The molecule has 0 aromatic heterocycles. The maximum absolute atomic E-state index is 12.2. The molecular weight excluding hydrogens is 290 g/mol. The average molecular weight is 315 g/mol. The molecule has 0 saturated carbocycles. The van der Waals surface area contributed by atoms with Gasteiger partial charge in [-0.05, 0) is 50.8 Å². The van der Waals surface area contributed by atoms with E-state index in [9.17, 15) is 4.79 Å². The summed E-state index contributed by atoms with van der Waals surface area (Å²) >= 11 is 0. The van der Waals surface area contributed by atoms with Gasteiger partial charge in [0.25, 0.3) is 0 Å². The number of benzene rings is 1. The molecule has 1 saturated heterocycles. The van der Waals surface area contributed by atoms with E-state index in [0.29, 0.717) is 19.7 Å². The normalized spacial score (nSPS) is 20.5. The second kappa shape index (κ2) is 6.00. The quantitative estimate of drug-likeness (QED) is 0.789. The molecule has 0 radical (unpaired) electrons. The van der Waals surface area contributed by atoms with E-state index in [4.69, 9.17) is 9.47 Å². The largest absolute Gasteiger partial charge is 0.444 e. The van der Waals surface area contributed by atoms with E-state index in [0.717, 1.165) is 12.8 Å². The Kier molecular flexibility index (Phi) is 4.19. The van der Waals surface area contributed by atoms with Crippen LogP contribution in [0.2, 0.25) is 0 Å². The topological polar surface area (TPSA) is 38.8 Å². The van der Waals surface area contributed by atoms with Crippen LogP contribution in [0.1, 0.15) is 39.2 Å². The van der Waals surface area contributed by atoms with Crippen LogP contribution in [0.15, 0.2) is 36.4 Å². The van der Waals surface area contributed by atoms with Crippen LogP contribution in [-0.2, 0) is 9.47 Å². The highest BCUT2D eigenvalue weighted by atomic mass is 16.6. The lowest BCUT2D eigenvalue weighted by Gasteiger charge is -2.38. The molecule has 2 heterocycles. The first-order valence-corrected chi connectivity index (χ1v) is 8.26. The van der Waals surface area contributed by atoms with Crippen LogP contribution in [0.4, 0.5) is 4.79 Å². The second-order valence-electron chi connectivity index (χ2n) is 7.36. The van der Waals surface area contributed by atoms with Gasteiger partial charge in [-0.1, -0.05) is 30.3 Å². The Morgan fingerprint density at radius 3 is 2.43 bits per heavy atom. The van der Waals surface area contributed by atoms with Crippen molar-refractivity contribution in [1.29, 1.82) is 0 Å². The Morgan fingerprint density at radius 2 is 1.83 bits per heavy atom. The van der Waals surface area contributed by atoms with Crippen molar-refractivity contribution in [1.82, 2.24) is 4.90 Å². The summed E-state index contributed by atoms with van der Waals surface area (Å²) in [6, 6.07) is 10.3. The molecule has 3 rings (SSSR count). The summed E-state index contributed by atoms with van der Waals surface area (Å²) in [6.07, 6.45) is 3.68. The number of hydrogen-bond acceptors (Lipinski definition) is 3. The average Bonchev–Trinajstić information content (AvgIpc) is 2.91. The van der Waals surface area contributed by atoms with Gasteiger partial charge in [0, 0.05) is 13.1 Å². The number of hydrogen-bond donors (Lipinski definition) is 0. The molecule has 0 atom stereocenters. The highest BCUT2D eigenvalue weighted by molar-refractivity contribution is 5.70. The van der Waals surface area contributed by atoms with Crippen LogP contribution < -0.4 is 0 Å². The van der Waals surface area contributed by atoms with Gasteiger partial charge in [-0.2, -0.15) is 0 Å². The minimum atomic E-state index is -0.448. The van der Waals surface area contributed by atoms with Crippen molar-refractivity contribution in [3.8, 4) is 0 Å². The maximum atomic E-state index is 12.2. The molecule has 2 aliphatic heterocycles. The van der Waals surface area contributed by atoms with Crippen LogP contribution in [0, 0.1) is 0 Å². The van der Waals surface area contributed by atoms with E-state index in [1.54, 1.807) is 4.90 Å². The second-order valence-corrected chi connectivity index (χ2v) is 7.36. The SMILES string of the molecule is CC(C)(C)OC(=O)N1CCC2(C=C(c3ccccc3)CO2)CC1. The summed E-state index contributed by atoms with van der Waals surface area (Å²) in [5.41, 5.74) is 1.80. The summed E-state index contributed by atoms with van der Waals surface area (Å²) in [5, 5.41) is 0. The fourth-order valence-corrected chi connectivity index (χ4v) is 3.12. The first-order chi connectivity index (χ1) is 10.9. The van der Waals surface area contributed by atoms with Gasteiger partial charge in [-0.3, -0.25) is 0 Å². The summed E-state index contributed by atoms with van der Waals surface area (Å²) in [7, 11) is 0. The zero-order valence-electron chi connectivity index (χ0n) is 14.2. The molecule has 1 spiro atoms. The molecule has 0 N–H and O–H groups in total. The van der Waals surface area contributed by atoms with Crippen molar-refractivity contribution in [2.75, 3.05) is 19.7 Å². The first-order valence-electron chi connectivity index (χ1n) is 8.26. The summed E-state index contributed by atoms with van der Waals surface area (Å²) in [6.45, 7) is 7.68. The number of carbonyl (C=O) groups excluding carboxylic acids is 1. The highest BCUT2D eigenvalue weighted by Crippen LogP contribution is 2.37. The monoisotopic (exact) mass is 315 g/mol. The van der Waals surface area contributed by atoms with E-state index in [1.165, 1.54) is 11.1 Å². The number of likely N-dealkylation sites (tertiary alicyclic amines) is 1. The van der Waals surface area contributed by atoms with Gasteiger partial charge >= 0.3 is 6.09 Å². The zero-order valence-corrected chi connectivity index (χ0v) is 14.2. The third-order valence-electron chi connectivity index (χ3n) is 4.36. The van der Waals surface area contributed by atoms with Crippen molar-refractivity contribution in [3.05, 3.63) is 42.0 Å². The smallest absolute Gasteiger partial charge is 0.410 e. The molecule has 2 aliphatic rings. The van der Waals surface area contributed by atoms with Crippen molar-refractivity contribution in [3.63, 3.8) is 0 Å². The molecule has 23 heavy (non-hydrogen) atoms. The Balaban J connectivity index is 1.63. The zero-order chi connectivity index (χ0) is 16.5. The van der Waals surface area contributed by atoms with Gasteiger partial charge in [0.1, 0.15) is 5.60 Å². The van der Waals surface area contributed by atoms with Crippen LogP contribution in [0.5, 0.6) is 0 Å². The summed E-state index contributed by atoms with van der Waals surface area (Å²) in [4.78, 5) is 13.9. The summed E-state index contributed by atoms with van der Waals surface area (Å²) < 4.78 is 11.6. The van der Waals surface area contributed by atoms with E-state index in [-0.39, 0.29) is 11.7 Å². The lowest BCUT2D eigenvalue weighted by Crippen LogP contribution is -2.47. The first kappa shape index (κ1) is 16.1. The van der Waals surface area contributed by atoms with Gasteiger partial charge in [-0.15, -0.1) is 0 Å². The molecule has 1 aromatic carbocycles. The van der Waals surface area contributed by atoms with Crippen molar-refractivity contribution in [2.24, 2.45) is 0 Å². The molecule has 0 bridgehead atoms. The molecule has 124 valence electrons. The van der Waals surface area contributed by atoms with Gasteiger partial charge in [0.05, 0.1) is 12.2 Å². The number of ether oxygens (including phenoxy) is 2. The molecule has 1 amide bonds. The van der Waals surface area contributed by atoms with E-state index < -0.39 is 5.60 Å². The predicted octanol–water partition coefficient (Wildman–Crippen LogP) is 3.87. The minimum Gasteiger partial charge on any atom is -0.444 e. The molecule has 0 aliphatic carbocycles. The number of rotatable bonds is 1. The Hall–Kier alpha value is -1.81. The van der Waals surface area contributed by atoms with Crippen LogP contribution >= 0.6 is 0 Å². The molecule has 1 aromatic rings. The third kappa shape index (κ3) is 3.75. The third-order valence-corrected chi connectivity index (χ3v) is 4.36. The lowest BCUT2D eigenvalue weighted by molar-refractivity contribution is -0.0318. The van der Waals surface area contributed by atoms with Gasteiger partial charge in [-0.25, -0.2) is 4.79 Å². The number of amides is 1. The predicted molar refractivity (Wildman–Crippen MR) is 90.1 cm³/mol. The van der Waals surface area contributed by atoms with Crippen molar-refractivity contribution < 1.29 is 14.3 Å². The summed E-state index contributed by atoms with van der Waals surface area (Å²) in [5.74, 6) is 0.